The number of esters is 2. The van der Waals surface area contributed by atoms with Crippen LogP contribution in [0.25, 0.3) is 10.9 Å². The van der Waals surface area contributed by atoms with Crippen LogP contribution in [0.2, 0.25) is 0 Å². The summed E-state index contributed by atoms with van der Waals surface area (Å²) in [6.45, 7) is 0. The molecule has 6 heteroatoms. The summed E-state index contributed by atoms with van der Waals surface area (Å²) in [5, 5.41) is 4.05. The van der Waals surface area contributed by atoms with Gasteiger partial charge in [-0.2, -0.15) is 0 Å². The van der Waals surface area contributed by atoms with Gasteiger partial charge in [0, 0.05) is 23.0 Å². The van der Waals surface area contributed by atoms with Crippen LogP contribution in [0.15, 0.2) is 54.6 Å². The predicted molar refractivity (Wildman–Crippen MR) is 99.2 cm³/mol. The lowest BCUT2D eigenvalue weighted by Gasteiger charge is -2.18. The van der Waals surface area contributed by atoms with Crippen LogP contribution in [-0.4, -0.2) is 37.2 Å². The standard InChI is InChI=1S/C20H20N2O4/c1-25-19(23)17(21-13-8-4-3-5-9-13)12-15-14-10-6-7-11-16(14)22-18(15)20(24)26-2/h3-11,17,21-22H,12H2,1-2H3. The Balaban J connectivity index is 2.00. The second-order valence-electron chi connectivity index (χ2n) is 5.81. The van der Waals surface area contributed by atoms with E-state index in [0.717, 1.165) is 16.6 Å². The first-order valence-electron chi connectivity index (χ1n) is 8.21. The van der Waals surface area contributed by atoms with Gasteiger partial charge in [0.1, 0.15) is 11.7 Å². The minimum atomic E-state index is -0.648. The average molecular weight is 352 g/mol. The van der Waals surface area contributed by atoms with Crippen LogP contribution in [0.3, 0.4) is 0 Å². The number of aromatic amines is 1. The molecule has 3 rings (SSSR count). The van der Waals surface area contributed by atoms with Gasteiger partial charge in [-0.05, 0) is 23.8 Å². The van der Waals surface area contributed by atoms with E-state index in [4.69, 9.17) is 9.47 Å². The molecule has 0 spiro atoms. The average Bonchev–Trinajstić information content (AvgIpc) is 3.05. The molecule has 1 atom stereocenters. The van der Waals surface area contributed by atoms with E-state index in [9.17, 15) is 9.59 Å². The number of rotatable bonds is 6. The number of H-pyrrole nitrogens is 1. The second kappa shape index (κ2) is 7.74. The summed E-state index contributed by atoms with van der Waals surface area (Å²) < 4.78 is 9.83. The number of benzene rings is 2. The van der Waals surface area contributed by atoms with Crippen LogP contribution in [0.5, 0.6) is 0 Å². The molecule has 0 radical (unpaired) electrons. The molecule has 6 nitrogen and oxygen atoms in total. The fraction of sp³-hybridized carbons (Fsp3) is 0.200. The number of anilines is 1. The van der Waals surface area contributed by atoms with Crippen LogP contribution in [-0.2, 0) is 20.7 Å². The number of carbonyl (C=O) groups is 2. The number of hydrogen-bond donors (Lipinski definition) is 2. The molecule has 1 aromatic heterocycles. The van der Waals surface area contributed by atoms with Crippen molar-refractivity contribution in [1.82, 2.24) is 4.98 Å². The molecule has 3 aromatic rings. The molecule has 0 aliphatic heterocycles. The zero-order valence-electron chi connectivity index (χ0n) is 14.6. The van der Waals surface area contributed by atoms with E-state index in [0.29, 0.717) is 11.3 Å². The number of ether oxygens (including phenoxy) is 2. The first kappa shape index (κ1) is 17.5. The van der Waals surface area contributed by atoms with Crippen molar-refractivity contribution >= 4 is 28.5 Å². The van der Waals surface area contributed by atoms with Crippen LogP contribution in [0.4, 0.5) is 5.69 Å². The molecule has 0 aliphatic rings. The normalized spacial score (nSPS) is 11.8. The minimum absolute atomic E-state index is 0.274. The van der Waals surface area contributed by atoms with Gasteiger partial charge in [0.15, 0.2) is 0 Å². The molecule has 0 bridgehead atoms. The molecule has 1 heterocycles. The molecule has 0 aliphatic carbocycles. The van der Waals surface area contributed by atoms with E-state index in [1.54, 1.807) is 0 Å². The quantitative estimate of drug-likeness (QED) is 0.666. The Hall–Kier alpha value is -3.28. The Kier molecular flexibility index (Phi) is 5.22. The van der Waals surface area contributed by atoms with E-state index in [-0.39, 0.29) is 6.42 Å². The van der Waals surface area contributed by atoms with E-state index in [1.165, 1.54) is 14.2 Å². The molecule has 0 saturated carbocycles. The zero-order chi connectivity index (χ0) is 18.5. The highest BCUT2D eigenvalue weighted by molar-refractivity contribution is 5.98. The van der Waals surface area contributed by atoms with Crippen molar-refractivity contribution in [2.75, 3.05) is 19.5 Å². The first-order chi connectivity index (χ1) is 12.6. The highest BCUT2D eigenvalue weighted by Crippen LogP contribution is 2.25. The number of nitrogens with one attached hydrogen (secondary N) is 2. The van der Waals surface area contributed by atoms with Gasteiger partial charge in [-0.3, -0.25) is 0 Å². The number of para-hydroxylation sites is 2. The van der Waals surface area contributed by atoms with Gasteiger partial charge in [0.05, 0.1) is 14.2 Å². The van der Waals surface area contributed by atoms with Crippen molar-refractivity contribution in [2.45, 2.75) is 12.5 Å². The minimum Gasteiger partial charge on any atom is -0.467 e. The van der Waals surface area contributed by atoms with Crippen LogP contribution >= 0.6 is 0 Å². The Morgan fingerprint density at radius 3 is 2.38 bits per heavy atom. The van der Waals surface area contributed by atoms with Crippen molar-refractivity contribution in [3.63, 3.8) is 0 Å². The van der Waals surface area contributed by atoms with Gasteiger partial charge in [-0.25, -0.2) is 9.59 Å². The summed E-state index contributed by atoms with van der Waals surface area (Å²) in [6.07, 6.45) is 0.274. The van der Waals surface area contributed by atoms with E-state index < -0.39 is 18.0 Å². The van der Waals surface area contributed by atoms with Gasteiger partial charge < -0.3 is 19.8 Å². The fourth-order valence-corrected chi connectivity index (χ4v) is 2.96. The molecule has 134 valence electrons. The Morgan fingerprint density at radius 2 is 1.69 bits per heavy atom. The summed E-state index contributed by atoms with van der Waals surface area (Å²) in [7, 11) is 2.68. The van der Waals surface area contributed by atoms with Crippen LogP contribution < -0.4 is 5.32 Å². The maximum Gasteiger partial charge on any atom is 0.354 e. The molecule has 0 fully saturated rings. The highest BCUT2D eigenvalue weighted by Gasteiger charge is 2.26. The van der Waals surface area contributed by atoms with Crippen LogP contribution in [0, 0.1) is 0 Å². The molecule has 2 aromatic carbocycles. The third kappa shape index (κ3) is 3.54. The smallest absolute Gasteiger partial charge is 0.354 e. The third-order valence-corrected chi connectivity index (χ3v) is 4.21. The zero-order valence-corrected chi connectivity index (χ0v) is 14.6. The fourth-order valence-electron chi connectivity index (χ4n) is 2.96. The van der Waals surface area contributed by atoms with E-state index in [1.807, 2.05) is 54.6 Å². The molecule has 26 heavy (non-hydrogen) atoms. The molecular formula is C20H20N2O4. The van der Waals surface area contributed by atoms with Crippen molar-refractivity contribution < 1.29 is 19.1 Å². The molecular weight excluding hydrogens is 332 g/mol. The summed E-state index contributed by atoms with van der Waals surface area (Å²) >= 11 is 0. The number of hydrogen-bond acceptors (Lipinski definition) is 5. The molecule has 0 saturated heterocycles. The molecule has 2 N–H and O–H groups in total. The maximum atomic E-state index is 12.3. The Bertz CT molecular complexity index is 918. The predicted octanol–water partition coefficient (Wildman–Crippen LogP) is 3.15. The lowest BCUT2D eigenvalue weighted by atomic mass is 10.0. The largest absolute Gasteiger partial charge is 0.467 e. The monoisotopic (exact) mass is 352 g/mol. The lowest BCUT2D eigenvalue weighted by Crippen LogP contribution is -2.33. The summed E-state index contributed by atoms with van der Waals surface area (Å²) in [5.41, 5.74) is 2.66. The number of methoxy groups -OCH3 is 2. The van der Waals surface area contributed by atoms with E-state index in [2.05, 4.69) is 10.3 Å². The molecule has 0 amide bonds. The number of aromatic nitrogens is 1. The highest BCUT2D eigenvalue weighted by atomic mass is 16.5. The number of carbonyl (C=O) groups excluding carboxylic acids is 2. The summed E-state index contributed by atoms with van der Waals surface area (Å²) in [4.78, 5) is 27.6. The topological polar surface area (TPSA) is 80.4 Å². The third-order valence-electron chi connectivity index (χ3n) is 4.21. The maximum absolute atomic E-state index is 12.3. The van der Waals surface area contributed by atoms with Crippen molar-refractivity contribution in [2.24, 2.45) is 0 Å². The van der Waals surface area contributed by atoms with Gasteiger partial charge in [0.25, 0.3) is 0 Å². The molecule has 1 unspecified atom stereocenters. The van der Waals surface area contributed by atoms with E-state index >= 15 is 0 Å². The van der Waals surface area contributed by atoms with Crippen molar-refractivity contribution in [3.05, 3.63) is 65.9 Å². The van der Waals surface area contributed by atoms with Crippen molar-refractivity contribution in [3.8, 4) is 0 Å². The SMILES string of the molecule is COC(=O)c1[nH]c2ccccc2c1CC(Nc1ccccc1)C(=O)OC. The van der Waals surface area contributed by atoms with Crippen LogP contribution in [0.1, 0.15) is 16.1 Å². The Morgan fingerprint density at radius 1 is 1.00 bits per heavy atom. The van der Waals surface area contributed by atoms with Gasteiger partial charge >= 0.3 is 11.9 Å². The lowest BCUT2D eigenvalue weighted by molar-refractivity contribution is -0.141. The van der Waals surface area contributed by atoms with Gasteiger partial charge in [-0.15, -0.1) is 0 Å². The summed E-state index contributed by atoms with van der Waals surface area (Å²) in [6, 6.07) is 16.3. The Labute approximate surface area is 151 Å². The second-order valence-corrected chi connectivity index (χ2v) is 5.81. The van der Waals surface area contributed by atoms with Gasteiger partial charge in [-0.1, -0.05) is 36.4 Å². The first-order valence-corrected chi connectivity index (χ1v) is 8.21. The summed E-state index contributed by atoms with van der Waals surface area (Å²) in [5.74, 6) is -0.880. The van der Waals surface area contributed by atoms with Crippen molar-refractivity contribution in [1.29, 1.82) is 0 Å². The van der Waals surface area contributed by atoms with Gasteiger partial charge in [0.2, 0.25) is 0 Å². The number of fused-ring (bicyclic) bond motifs is 1.